The van der Waals surface area contributed by atoms with E-state index in [1.54, 1.807) is 21.3 Å². The zero-order valence-electron chi connectivity index (χ0n) is 16.8. The molecule has 31 heavy (non-hydrogen) atoms. The van der Waals surface area contributed by atoms with E-state index < -0.39 is 0 Å². The van der Waals surface area contributed by atoms with Gasteiger partial charge in [-0.05, 0) is 25.8 Å². The van der Waals surface area contributed by atoms with Gasteiger partial charge in [0.15, 0.2) is 5.78 Å². The fourth-order valence-electron chi connectivity index (χ4n) is 1.61. The summed E-state index contributed by atoms with van der Waals surface area (Å²) in [6, 6.07) is 0. The van der Waals surface area contributed by atoms with Crippen LogP contribution >= 0.6 is 0 Å². The van der Waals surface area contributed by atoms with Crippen LogP contribution in [0.2, 0.25) is 0 Å². The van der Waals surface area contributed by atoms with Gasteiger partial charge >= 0.3 is 5.97 Å². The first-order valence-corrected chi connectivity index (χ1v) is 8.21. The standard InChI is InChI=1S/C9H20O3.C6H10O2.C4H6O.6CH4/c1-5-9(6-10-2,7-11-3)8-12-4;1-3-5-8-6(7)4-2;1-3-4(2)5;;;;;;/h5-8H2,1-4H3;4H,2-3,5H2,1H3;3H,1H2,2H3;6*1H4. The number of hydrogen-bond acceptors (Lipinski definition) is 6. The average molecular weight is 457 g/mol. The van der Waals surface area contributed by atoms with Gasteiger partial charge < -0.3 is 18.9 Å². The molecule has 0 amide bonds. The van der Waals surface area contributed by atoms with Crippen molar-refractivity contribution in [3.05, 3.63) is 25.3 Å². The van der Waals surface area contributed by atoms with Gasteiger partial charge in [0.2, 0.25) is 0 Å². The Balaban J connectivity index is -0.0000000326. The second-order valence-electron chi connectivity index (χ2n) is 5.34. The minimum Gasteiger partial charge on any atom is -0.463 e. The van der Waals surface area contributed by atoms with Gasteiger partial charge in [-0.25, -0.2) is 4.79 Å². The molecule has 0 aliphatic rings. The Hall–Kier alpha value is -1.50. The summed E-state index contributed by atoms with van der Waals surface area (Å²) in [6.45, 7) is 14.5. The predicted molar refractivity (Wildman–Crippen MR) is 141 cm³/mol. The lowest BCUT2D eigenvalue weighted by Crippen LogP contribution is -2.35. The Bertz CT molecular complexity index is 337. The Morgan fingerprint density at radius 2 is 1.10 bits per heavy atom. The number of rotatable bonds is 11. The molecule has 0 saturated carbocycles. The van der Waals surface area contributed by atoms with Crippen molar-refractivity contribution in [3.63, 3.8) is 0 Å². The number of carbonyl (C=O) groups excluding carboxylic acids is 2. The number of methoxy groups -OCH3 is 3. The molecule has 0 heterocycles. The van der Waals surface area contributed by atoms with Gasteiger partial charge in [0.25, 0.3) is 0 Å². The van der Waals surface area contributed by atoms with Gasteiger partial charge in [-0.2, -0.15) is 0 Å². The van der Waals surface area contributed by atoms with Crippen LogP contribution in [-0.4, -0.2) is 59.5 Å². The quantitative estimate of drug-likeness (QED) is 0.245. The molecular formula is C25H60O6. The van der Waals surface area contributed by atoms with Crippen LogP contribution in [0, 0.1) is 5.41 Å². The third kappa shape index (κ3) is 43.3. The highest BCUT2D eigenvalue weighted by Gasteiger charge is 2.28. The van der Waals surface area contributed by atoms with Crippen LogP contribution in [0.1, 0.15) is 78.2 Å². The van der Waals surface area contributed by atoms with E-state index in [0.717, 1.165) is 18.9 Å². The van der Waals surface area contributed by atoms with Gasteiger partial charge in [-0.3, -0.25) is 4.79 Å². The monoisotopic (exact) mass is 456 g/mol. The number of ether oxygens (including phenoxy) is 4. The van der Waals surface area contributed by atoms with Crippen molar-refractivity contribution < 1.29 is 28.5 Å². The maximum Gasteiger partial charge on any atom is 0.330 e. The highest BCUT2D eigenvalue weighted by atomic mass is 16.5. The van der Waals surface area contributed by atoms with Crippen molar-refractivity contribution in [1.82, 2.24) is 0 Å². The van der Waals surface area contributed by atoms with Crippen molar-refractivity contribution in [2.24, 2.45) is 5.41 Å². The second kappa shape index (κ2) is 42.6. The van der Waals surface area contributed by atoms with Crippen molar-refractivity contribution in [2.75, 3.05) is 47.8 Å². The summed E-state index contributed by atoms with van der Waals surface area (Å²) in [5.41, 5.74) is 0.0260. The molecule has 0 radical (unpaired) electrons. The van der Waals surface area contributed by atoms with E-state index in [4.69, 9.17) is 14.2 Å². The van der Waals surface area contributed by atoms with E-state index in [1.165, 1.54) is 13.0 Å². The van der Waals surface area contributed by atoms with Crippen LogP contribution in [0.5, 0.6) is 0 Å². The molecule has 6 heteroatoms. The first-order valence-electron chi connectivity index (χ1n) is 8.21. The maximum atomic E-state index is 10.2. The normalized spacial score (nSPS) is 7.81. The molecule has 196 valence electrons. The van der Waals surface area contributed by atoms with Gasteiger partial charge in [0, 0.05) is 32.8 Å². The highest BCUT2D eigenvalue weighted by molar-refractivity contribution is 5.86. The predicted octanol–water partition coefficient (Wildman–Crippen LogP) is 7.03. The molecule has 0 fully saturated rings. The molecule has 0 rings (SSSR count). The highest BCUT2D eigenvalue weighted by Crippen LogP contribution is 2.22. The molecule has 0 spiro atoms. The SMILES string of the molecule is C.C.C.C.C.C.C=CC(=O)OCCC.C=CC(C)=O.CCC(COC)(COC)COC. The van der Waals surface area contributed by atoms with E-state index in [2.05, 4.69) is 24.8 Å². The molecule has 0 saturated heterocycles. The van der Waals surface area contributed by atoms with E-state index >= 15 is 0 Å². The number of ketones is 1. The smallest absolute Gasteiger partial charge is 0.330 e. The zero-order valence-corrected chi connectivity index (χ0v) is 16.8. The van der Waals surface area contributed by atoms with Crippen LogP contribution in [-0.2, 0) is 28.5 Å². The Labute approximate surface area is 197 Å². The molecule has 0 aliphatic heterocycles. The molecule has 0 aromatic heterocycles. The molecule has 0 N–H and O–H groups in total. The Morgan fingerprint density at radius 1 is 0.774 bits per heavy atom. The third-order valence-electron chi connectivity index (χ3n) is 3.00. The van der Waals surface area contributed by atoms with Crippen molar-refractivity contribution in [1.29, 1.82) is 0 Å². The summed E-state index contributed by atoms with van der Waals surface area (Å²) < 4.78 is 20.0. The van der Waals surface area contributed by atoms with Gasteiger partial charge in [-0.15, -0.1) is 0 Å². The third-order valence-corrected chi connectivity index (χ3v) is 3.00. The second-order valence-corrected chi connectivity index (χ2v) is 5.34. The van der Waals surface area contributed by atoms with E-state index in [9.17, 15) is 9.59 Å². The summed E-state index contributed by atoms with van der Waals surface area (Å²) in [7, 11) is 5.11. The van der Waals surface area contributed by atoms with Crippen LogP contribution in [0.3, 0.4) is 0 Å². The maximum absolute atomic E-state index is 10.2. The summed E-state index contributed by atoms with van der Waals surface area (Å²) in [5.74, 6) is -0.322. The minimum absolute atomic E-state index is 0. The summed E-state index contributed by atoms with van der Waals surface area (Å²) >= 11 is 0. The zero-order chi connectivity index (χ0) is 20.1. The topological polar surface area (TPSA) is 71.1 Å². The molecule has 0 aromatic carbocycles. The van der Waals surface area contributed by atoms with E-state index in [1.807, 2.05) is 6.92 Å². The first-order chi connectivity index (χ1) is 11.8. The van der Waals surface area contributed by atoms with Crippen molar-refractivity contribution >= 4 is 11.8 Å². The largest absolute Gasteiger partial charge is 0.463 e. The molecule has 0 aliphatic carbocycles. The van der Waals surface area contributed by atoms with Gasteiger partial charge in [0.1, 0.15) is 0 Å². The Kier molecular flexibility index (Phi) is 78.3. The Morgan fingerprint density at radius 3 is 1.26 bits per heavy atom. The number of esters is 1. The first kappa shape index (κ1) is 57.0. The van der Waals surface area contributed by atoms with Crippen LogP contribution in [0.25, 0.3) is 0 Å². The molecule has 6 nitrogen and oxygen atoms in total. The van der Waals surface area contributed by atoms with E-state index in [-0.39, 0.29) is 61.7 Å². The van der Waals surface area contributed by atoms with Crippen LogP contribution in [0.4, 0.5) is 0 Å². The van der Waals surface area contributed by atoms with Crippen LogP contribution < -0.4 is 0 Å². The molecule has 0 atom stereocenters. The lowest BCUT2D eigenvalue weighted by Gasteiger charge is -2.30. The minimum atomic E-state index is -0.341. The summed E-state index contributed by atoms with van der Waals surface area (Å²) in [4.78, 5) is 19.9. The molecular weight excluding hydrogens is 396 g/mol. The summed E-state index contributed by atoms with van der Waals surface area (Å²) in [5, 5.41) is 0. The lowest BCUT2D eigenvalue weighted by molar-refractivity contribution is -0.137. The number of hydrogen-bond donors (Lipinski definition) is 0. The summed E-state index contributed by atoms with van der Waals surface area (Å²) in [6.07, 6.45) is 4.30. The van der Waals surface area contributed by atoms with E-state index in [0.29, 0.717) is 26.4 Å². The molecule has 0 unspecified atom stereocenters. The average Bonchev–Trinajstić information content (AvgIpc) is 2.61. The molecule has 0 aromatic rings. The van der Waals surface area contributed by atoms with Gasteiger partial charge in [0.05, 0.1) is 26.4 Å². The fraction of sp³-hybridized carbons (Fsp3) is 0.760. The van der Waals surface area contributed by atoms with Crippen molar-refractivity contribution in [2.45, 2.75) is 78.2 Å². The number of carbonyl (C=O) groups is 2. The molecule has 0 bridgehead atoms. The van der Waals surface area contributed by atoms with Gasteiger partial charge in [-0.1, -0.05) is 71.6 Å². The van der Waals surface area contributed by atoms with Crippen LogP contribution in [0.15, 0.2) is 25.3 Å². The fourth-order valence-corrected chi connectivity index (χ4v) is 1.61. The number of allylic oxidation sites excluding steroid dienone is 1. The lowest BCUT2D eigenvalue weighted by atomic mass is 9.88. The van der Waals surface area contributed by atoms with Crippen molar-refractivity contribution in [3.8, 4) is 0 Å².